The molecule has 7 heteroatoms. The summed E-state index contributed by atoms with van der Waals surface area (Å²) in [5, 5.41) is 6.38. The molecule has 3 aromatic rings. The molecule has 1 saturated carbocycles. The Hall–Kier alpha value is -2.93. The minimum atomic E-state index is -0.290. The molecule has 26 heavy (non-hydrogen) atoms. The van der Waals surface area contributed by atoms with E-state index in [1.54, 1.807) is 36.6 Å². The van der Waals surface area contributed by atoms with Crippen LogP contribution in [0.2, 0.25) is 0 Å². The lowest BCUT2D eigenvalue weighted by Gasteiger charge is -2.08. The number of benzene rings is 1. The summed E-state index contributed by atoms with van der Waals surface area (Å²) >= 11 is 1.41. The number of carbonyl (C=O) groups is 2. The van der Waals surface area contributed by atoms with Crippen molar-refractivity contribution in [2.24, 2.45) is 5.92 Å². The Bertz CT molecular complexity index is 958. The van der Waals surface area contributed by atoms with E-state index < -0.39 is 0 Å². The molecule has 0 radical (unpaired) electrons. The number of aromatic nitrogens is 1. The van der Waals surface area contributed by atoms with Gasteiger partial charge in [0.25, 0.3) is 5.91 Å². The molecule has 132 valence electrons. The number of carbonyl (C=O) groups excluding carboxylic acids is 2. The fraction of sp³-hybridized carbons (Fsp3) is 0.211. The Labute approximate surface area is 154 Å². The first kappa shape index (κ1) is 16.5. The molecule has 2 amide bonds. The largest absolute Gasteiger partial charge is 0.462 e. The van der Waals surface area contributed by atoms with E-state index in [4.69, 9.17) is 4.42 Å². The number of thiazole rings is 1. The van der Waals surface area contributed by atoms with Gasteiger partial charge in [-0.25, -0.2) is 4.98 Å². The van der Waals surface area contributed by atoms with Gasteiger partial charge in [-0.05, 0) is 50.1 Å². The van der Waals surface area contributed by atoms with Crippen molar-refractivity contribution < 1.29 is 14.0 Å². The highest BCUT2D eigenvalue weighted by atomic mass is 32.1. The van der Waals surface area contributed by atoms with Crippen molar-refractivity contribution in [2.75, 3.05) is 10.6 Å². The Morgan fingerprint density at radius 2 is 1.92 bits per heavy atom. The van der Waals surface area contributed by atoms with Crippen LogP contribution in [0.15, 0.2) is 47.1 Å². The summed E-state index contributed by atoms with van der Waals surface area (Å²) < 4.78 is 5.34. The molecule has 1 aliphatic carbocycles. The van der Waals surface area contributed by atoms with Gasteiger partial charge >= 0.3 is 0 Å². The summed E-state index contributed by atoms with van der Waals surface area (Å²) in [6, 6.07) is 10.7. The molecule has 2 heterocycles. The first-order valence-electron chi connectivity index (χ1n) is 8.34. The summed E-state index contributed by atoms with van der Waals surface area (Å²) in [7, 11) is 0. The molecule has 0 spiro atoms. The van der Waals surface area contributed by atoms with Crippen LogP contribution < -0.4 is 10.6 Å². The van der Waals surface area contributed by atoms with E-state index in [0.717, 1.165) is 17.7 Å². The molecule has 0 saturated heterocycles. The summed E-state index contributed by atoms with van der Waals surface area (Å²) in [5.74, 6) is 0.516. The standard InChI is InChI=1S/C19H17N3O3S/c1-11-16(22-19(26-11)15-6-3-9-25-15)18(24)21-14-5-2-4-13(10-14)20-17(23)12-7-8-12/h2-6,9-10,12H,7-8H2,1H3,(H,20,23)(H,21,24). The predicted molar refractivity (Wildman–Crippen MR) is 100 cm³/mol. The lowest BCUT2D eigenvalue weighted by molar-refractivity contribution is -0.117. The van der Waals surface area contributed by atoms with E-state index in [9.17, 15) is 9.59 Å². The van der Waals surface area contributed by atoms with Crippen molar-refractivity contribution in [1.29, 1.82) is 0 Å². The van der Waals surface area contributed by atoms with Gasteiger partial charge in [0, 0.05) is 22.2 Å². The molecule has 0 atom stereocenters. The average Bonchev–Trinajstić information content (AvgIpc) is 3.18. The molecular formula is C19H17N3O3S. The zero-order valence-electron chi connectivity index (χ0n) is 14.1. The summed E-state index contributed by atoms with van der Waals surface area (Å²) in [6.07, 6.45) is 3.47. The normalized spacial score (nSPS) is 13.4. The van der Waals surface area contributed by atoms with Gasteiger partial charge < -0.3 is 15.1 Å². The highest BCUT2D eigenvalue weighted by Gasteiger charge is 2.29. The number of nitrogens with zero attached hydrogens (tertiary/aromatic N) is 1. The van der Waals surface area contributed by atoms with Crippen molar-refractivity contribution in [3.05, 3.63) is 53.2 Å². The number of nitrogens with one attached hydrogen (secondary N) is 2. The highest BCUT2D eigenvalue weighted by Crippen LogP contribution is 2.31. The van der Waals surface area contributed by atoms with E-state index in [1.807, 2.05) is 13.0 Å². The van der Waals surface area contributed by atoms with Crippen LogP contribution in [0.25, 0.3) is 10.8 Å². The third-order valence-corrected chi connectivity index (χ3v) is 5.07. The lowest BCUT2D eigenvalue weighted by atomic mass is 10.2. The van der Waals surface area contributed by atoms with E-state index in [0.29, 0.717) is 27.8 Å². The lowest BCUT2D eigenvalue weighted by Crippen LogP contribution is -2.15. The van der Waals surface area contributed by atoms with Crippen LogP contribution in [-0.2, 0) is 4.79 Å². The Balaban J connectivity index is 1.49. The van der Waals surface area contributed by atoms with E-state index in [1.165, 1.54) is 11.3 Å². The third kappa shape index (κ3) is 3.52. The zero-order chi connectivity index (χ0) is 18.1. The van der Waals surface area contributed by atoms with Crippen LogP contribution in [0, 0.1) is 12.8 Å². The number of hydrogen-bond acceptors (Lipinski definition) is 5. The van der Waals surface area contributed by atoms with Crippen LogP contribution in [0.3, 0.4) is 0 Å². The van der Waals surface area contributed by atoms with Gasteiger partial charge in [0.2, 0.25) is 5.91 Å². The molecule has 2 N–H and O–H groups in total. The third-order valence-electron chi connectivity index (χ3n) is 4.08. The summed E-state index contributed by atoms with van der Waals surface area (Å²) in [5.41, 5.74) is 1.65. The van der Waals surface area contributed by atoms with Gasteiger partial charge in [-0.2, -0.15) is 0 Å². The second-order valence-corrected chi connectivity index (χ2v) is 7.40. The van der Waals surface area contributed by atoms with Crippen LogP contribution in [0.4, 0.5) is 11.4 Å². The maximum atomic E-state index is 12.6. The number of furan rings is 1. The topological polar surface area (TPSA) is 84.2 Å². The SMILES string of the molecule is Cc1sc(-c2ccco2)nc1C(=O)Nc1cccc(NC(=O)C2CC2)c1. The van der Waals surface area contributed by atoms with Crippen molar-refractivity contribution >= 4 is 34.5 Å². The van der Waals surface area contributed by atoms with E-state index in [-0.39, 0.29) is 17.7 Å². The second-order valence-electron chi connectivity index (χ2n) is 6.20. The summed E-state index contributed by atoms with van der Waals surface area (Å²) in [4.78, 5) is 29.7. The Morgan fingerprint density at radius 3 is 2.62 bits per heavy atom. The average molecular weight is 367 g/mol. The molecule has 0 bridgehead atoms. The van der Waals surface area contributed by atoms with Crippen LogP contribution in [0.5, 0.6) is 0 Å². The number of aryl methyl sites for hydroxylation is 1. The number of anilines is 2. The molecule has 2 aromatic heterocycles. The van der Waals surface area contributed by atoms with Gasteiger partial charge in [0.1, 0.15) is 5.69 Å². The van der Waals surface area contributed by atoms with Crippen molar-refractivity contribution in [3.8, 4) is 10.8 Å². The van der Waals surface area contributed by atoms with Crippen molar-refractivity contribution in [2.45, 2.75) is 19.8 Å². The molecule has 1 aromatic carbocycles. The molecule has 1 fully saturated rings. The fourth-order valence-electron chi connectivity index (χ4n) is 2.57. The maximum absolute atomic E-state index is 12.6. The van der Waals surface area contributed by atoms with Crippen LogP contribution in [-0.4, -0.2) is 16.8 Å². The van der Waals surface area contributed by atoms with Gasteiger partial charge in [-0.1, -0.05) is 6.07 Å². The van der Waals surface area contributed by atoms with Crippen molar-refractivity contribution in [3.63, 3.8) is 0 Å². The molecule has 0 unspecified atom stereocenters. The predicted octanol–water partition coefficient (Wildman–Crippen LogP) is 4.31. The van der Waals surface area contributed by atoms with Crippen LogP contribution in [0.1, 0.15) is 28.2 Å². The van der Waals surface area contributed by atoms with Gasteiger partial charge in [-0.15, -0.1) is 11.3 Å². The molecule has 4 rings (SSSR count). The minimum absolute atomic E-state index is 0.0342. The summed E-state index contributed by atoms with van der Waals surface area (Å²) in [6.45, 7) is 1.85. The zero-order valence-corrected chi connectivity index (χ0v) is 14.9. The molecule has 1 aliphatic rings. The minimum Gasteiger partial charge on any atom is -0.462 e. The number of rotatable bonds is 5. The van der Waals surface area contributed by atoms with Crippen LogP contribution >= 0.6 is 11.3 Å². The molecule has 6 nitrogen and oxygen atoms in total. The second kappa shape index (κ2) is 6.76. The van der Waals surface area contributed by atoms with Crippen molar-refractivity contribution in [1.82, 2.24) is 4.98 Å². The molecular weight excluding hydrogens is 350 g/mol. The van der Waals surface area contributed by atoms with Gasteiger partial charge in [-0.3, -0.25) is 9.59 Å². The highest BCUT2D eigenvalue weighted by molar-refractivity contribution is 7.15. The Kier molecular flexibility index (Phi) is 4.30. The quantitative estimate of drug-likeness (QED) is 0.704. The molecule has 0 aliphatic heterocycles. The first-order chi connectivity index (χ1) is 12.6. The maximum Gasteiger partial charge on any atom is 0.275 e. The monoisotopic (exact) mass is 367 g/mol. The van der Waals surface area contributed by atoms with E-state index in [2.05, 4.69) is 15.6 Å². The smallest absolute Gasteiger partial charge is 0.275 e. The van der Waals surface area contributed by atoms with Gasteiger partial charge in [0.15, 0.2) is 10.8 Å². The van der Waals surface area contributed by atoms with E-state index >= 15 is 0 Å². The first-order valence-corrected chi connectivity index (χ1v) is 9.15. The van der Waals surface area contributed by atoms with Gasteiger partial charge in [0.05, 0.1) is 6.26 Å². The number of amides is 2. The Morgan fingerprint density at radius 1 is 1.15 bits per heavy atom. The fourth-order valence-corrected chi connectivity index (χ4v) is 3.45. The number of hydrogen-bond donors (Lipinski definition) is 2.